The first-order valence-electron chi connectivity index (χ1n) is 11.7. The van der Waals surface area contributed by atoms with E-state index in [0.717, 1.165) is 50.2 Å². The van der Waals surface area contributed by atoms with Crippen LogP contribution >= 0.6 is 0 Å². The van der Waals surface area contributed by atoms with E-state index in [1.165, 1.54) is 5.56 Å². The number of hydrazone groups is 1. The van der Waals surface area contributed by atoms with Crippen LogP contribution in [0.15, 0.2) is 72.5 Å². The fourth-order valence-electron chi connectivity index (χ4n) is 4.45. The van der Waals surface area contributed by atoms with Crippen LogP contribution in [0.3, 0.4) is 0 Å². The van der Waals surface area contributed by atoms with E-state index in [1.807, 2.05) is 37.3 Å². The summed E-state index contributed by atoms with van der Waals surface area (Å²) >= 11 is 0. The van der Waals surface area contributed by atoms with Crippen LogP contribution in [0.5, 0.6) is 0 Å². The molecule has 2 aromatic rings. The first-order valence-corrected chi connectivity index (χ1v) is 11.7. The van der Waals surface area contributed by atoms with Crippen LogP contribution < -0.4 is 5.32 Å². The van der Waals surface area contributed by atoms with Gasteiger partial charge >= 0.3 is 5.97 Å². The maximum Gasteiger partial charge on any atom is 0.335 e. The zero-order valence-corrected chi connectivity index (χ0v) is 19.8. The van der Waals surface area contributed by atoms with Crippen molar-refractivity contribution in [2.24, 2.45) is 5.10 Å². The molecule has 1 heterocycles. The van der Waals surface area contributed by atoms with E-state index in [9.17, 15) is 4.79 Å². The summed E-state index contributed by atoms with van der Waals surface area (Å²) in [5, 5.41) is 19.3. The molecule has 2 N–H and O–H groups in total. The van der Waals surface area contributed by atoms with Crippen molar-refractivity contribution < 1.29 is 9.90 Å². The van der Waals surface area contributed by atoms with Crippen molar-refractivity contribution in [2.45, 2.75) is 44.7 Å². The number of hydrogen-bond donors (Lipinski definition) is 2. The van der Waals surface area contributed by atoms with Gasteiger partial charge in [-0.25, -0.2) is 4.79 Å². The van der Waals surface area contributed by atoms with Crippen LogP contribution in [0.1, 0.15) is 53.7 Å². The number of carboxylic acids is 1. The zero-order valence-electron chi connectivity index (χ0n) is 19.8. The van der Waals surface area contributed by atoms with Gasteiger partial charge in [0, 0.05) is 37.5 Å². The molecule has 0 radical (unpaired) electrons. The lowest BCUT2D eigenvalue weighted by atomic mass is 10.0. The molecule has 176 valence electrons. The molecular formula is C27H36N4O2. The second-order valence-electron chi connectivity index (χ2n) is 8.69. The molecule has 33 heavy (non-hydrogen) atoms. The summed E-state index contributed by atoms with van der Waals surface area (Å²) in [6.45, 7) is 9.20. The fourth-order valence-corrected chi connectivity index (χ4v) is 4.45. The molecule has 0 aliphatic carbocycles. The highest BCUT2D eigenvalue weighted by molar-refractivity contribution is 5.88. The largest absolute Gasteiger partial charge is 0.478 e. The van der Waals surface area contributed by atoms with Gasteiger partial charge in [-0.15, -0.1) is 0 Å². The number of carbonyl (C=O) groups is 1. The predicted molar refractivity (Wildman–Crippen MR) is 135 cm³/mol. The van der Waals surface area contributed by atoms with E-state index in [0.29, 0.717) is 24.1 Å². The topological polar surface area (TPSA) is 68.2 Å². The molecule has 0 aromatic heterocycles. The molecule has 6 heteroatoms. The molecule has 1 atom stereocenters. The van der Waals surface area contributed by atoms with Gasteiger partial charge in [-0.3, -0.25) is 5.01 Å². The van der Waals surface area contributed by atoms with Gasteiger partial charge in [0.2, 0.25) is 0 Å². The molecule has 1 aliphatic rings. The third-order valence-corrected chi connectivity index (χ3v) is 6.35. The molecule has 0 amide bonds. The van der Waals surface area contributed by atoms with Crippen molar-refractivity contribution >= 4 is 11.7 Å². The highest BCUT2D eigenvalue weighted by atomic mass is 16.4. The van der Waals surface area contributed by atoms with E-state index in [4.69, 9.17) is 10.2 Å². The Morgan fingerprint density at radius 2 is 1.88 bits per heavy atom. The quantitative estimate of drug-likeness (QED) is 0.390. The summed E-state index contributed by atoms with van der Waals surface area (Å²) in [7, 11) is 2.03. The van der Waals surface area contributed by atoms with Gasteiger partial charge in [-0.2, -0.15) is 5.10 Å². The highest BCUT2D eigenvalue weighted by Crippen LogP contribution is 2.21. The number of piperidine rings is 1. The van der Waals surface area contributed by atoms with Crippen LogP contribution in [0.2, 0.25) is 0 Å². The van der Waals surface area contributed by atoms with Crippen LogP contribution in [0.25, 0.3) is 0 Å². The second-order valence-corrected chi connectivity index (χ2v) is 8.69. The Morgan fingerprint density at radius 3 is 2.45 bits per heavy atom. The Bertz CT molecular complexity index is 919. The monoisotopic (exact) mass is 448 g/mol. The summed E-state index contributed by atoms with van der Waals surface area (Å²) in [6.07, 6.45) is 5.73. The number of nitrogens with one attached hydrogen (secondary N) is 1. The number of aromatic carboxylic acids is 1. The molecule has 2 aromatic carbocycles. The van der Waals surface area contributed by atoms with Gasteiger partial charge in [0.05, 0.1) is 11.6 Å². The Labute approximate surface area is 197 Å². The Balaban J connectivity index is 1.48. The minimum atomic E-state index is -0.905. The second kappa shape index (κ2) is 12.3. The van der Waals surface area contributed by atoms with E-state index in [1.54, 1.807) is 12.1 Å². The lowest BCUT2D eigenvalue weighted by Crippen LogP contribution is -2.42. The number of rotatable bonds is 11. The fraction of sp³-hybridized carbons (Fsp3) is 0.407. The number of likely N-dealkylation sites (tertiary alicyclic amines) is 1. The third-order valence-electron chi connectivity index (χ3n) is 6.35. The summed E-state index contributed by atoms with van der Waals surface area (Å²) in [4.78, 5) is 13.6. The molecule has 0 bridgehead atoms. The number of nitrogens with zero attached hydrogens (tertiary/aromatic N) is 3. The van der Waals surface area contributed by atoms with Crippen LogP contribution in [0.4, 0.5) is 0 Å². The molecule has 6 nitrogen and oxygen atoms in total. The number of carboxylic acid groups (broad SMARTS) is 1. The number of hydrogen-bond acceptors (Lipinski definition) is 5. The highest BCUT2D eigenvalue weighted by Gasteiger charge is 2.23. The normalized spacial score (nSPS) is 16.4. The van der Waals surface area contributed by atoms with Crippen LogP contribution in [0, 0.1) is 0 Å². The van der Waals surface area contributed by atoms with Gasteiger partial charge in [0.1, 0.15) is 0 Å². The Morgan fingerprint density at radius 1 is 1.21 bits per heavy atom. The van der Waals surface area contributed by atoms with Crippen molar-refractivity contribution in [3.63, 3.8) is 0 Å². The minimum absolute atomic E-state index is 0.303. The van der Waals surface area contributed by atoms with Gasteiger partial charge in [0.25, 0.3) is 0 Å². The summed E-state index contributed by atoms with van der Waals surface area (Å²) in [5.41, 5.74) is 3.69. The van der Waals surface area contributed by atoms with Crippen molar-refractivity contribution in [1.29, 1.82) is 0 Å². The minimum Gasteiger partial charge on any atom is -0.478 e. The van der Waals surface area contributed by atoms with Crippen molar-refractivity contribution in [3.8, 4) is 0 Å². The van der Waals surface area contributed by atoms with E-state index in [2.05, 4.69) is 47.1 Å². The average molecular weight is 449 g/mol. The molecule has 1 saturated heterocycles. The molecule has 1 aliphatic heterocycles. The van der Waals surface area contributed by atoms with Crippen molar-refractivity contribution in [2.75, 3.05) is 26.7 Å². The molecule has 1 unspecified atom stereocenters. The lowest BCUT2D eigenvalue weighted by molar-refractivity contribution is 0.0697. The van der Waals surface area contributed by atoms with E-state index >= 15 is 0 Å². The van der Waals surface area contributed by atoms with Crippen molar-refractivity contribution in [1.82, 2.24) is 15.2 Å². The molecule has 3 rings (SSSR count). The smallest absolute Gasteiger partial charge is 0.335 e. The van der Waals surface area contributed by atoms with E-state index in [-0.39, 0.29) is 0 Å². The number of benzene rings is 2. The van der Waals surface area contributed by atoms with Gasteiger partial charge < -0.3 is 15.3 Å². The maximum atomic E-state index is 11.0. The summed E-state index contributed by atoms with van der Waals surface area (Å²) < 4.78 is 0. The summed E-state index contributed by atoms with van der Waals surface area (Å²) in [5.74, 6) is -0.905. The lowest BCUT2D eigenvalue weighted by Gasteiger charge is -2.36. The van der Waals surface area contributed by atoms with Crippen LogP contribution in [-0.2, 0) is 6.42 Å². The van der Waals surface area contributed by atoms with Gasteiger partial charge in [-0.05, 0) is 63.0 Å². The third kappa shape index (κ3) is 7.27. The Kier molecular flexibility index (Phi) is 9.22. The first kappa shape index (κ1) is 24.7. The standard InChI is InChI=1S/C27H36N4O2/c1-4-31(29-21(2)20-22-10-12-24(13-11-22)27(32)33)25-14-17-30(18-15-25)19-16-26(28-3)23-8-6-5-7-9-23/h4-13,25-26,28H,1,14-20H2,2-3H3,(H,32,33)/b29-21+. The Hall–Kier alpha value is -2.96. The summed E-state index contributed by atoms with van der Waals surface area (Å²) in [6, 6.07) is 18.4. The molecule has 0 spiro atoms. The maximum absolute atomic E-state index is 11.0. The van der Waals surface area contributed by atoms with Crippen LogP contribution in [-0.4, -0.2) is 59.4 Å². The van der Waals surface area contributed by atoms with Crippen molar-refractivity contribution in [3.05, 3.63) is 84.1 Å². The predicted octanol–water partition coefficient (Wildman–Crippen LogP) is 4.56. The van der Waals surface area contributed by atoms with E-state index < -0.39 is 5.97 Å². The van der Waals surface area contributed by atoms with Gasteiger partial charge in [-0.1, -0.05) is 49.0 Å². The average Bonchev–Trinajstić information content (AvgIpc) is 2.84. The van der Waals surface area contributed by atoms with Gasteiger partial charge in [0.15, 0.2) is 0 Å². The zero-order chi connectivity index (χ0) is 23.6. The SMILES string of the molecule is C=CN(/N=C(\C)Cc1ccc(C(=O)O)cc1)C1CCN(CCC(NC)c2ccccc2)CC1. The molecule has 1 fully saturated rings. The molecule has 0 saturated carbocycles. The molecular weight excluding hydrogens is 412 g/mol. The first-order chi connectivity index (χ1) is 16.0.